The molecule has 1 aliphatic rings. The Morgan fingerprint density at radius 3 is 2.55 bits per heavy atom. The van der Waals surface area contributed by atoms with Crippen LogP contribution in [0.15, 0.2) is 22.7 Å². The lowest BCUT2D eigenvalue weighted by molar-refractivity contribution is 0.0654. The van der Waals surface area contributed by atoms with Crippen LogP contribution in [0.25, 0.3) is 0 Å². The SMILES string of the molecule is Cc1cc(C(=O)N2CCN(CC(N)=S)CC2)ccc1Br. The van der Waals surface area contributed by atoms with Crippen LogP contribution in [0.5, 0.6) is 0 Å². The lowest BCUT2D eigenvalue weighted by atomic mass is 10.1. The fourth-order valence-electron chi connectivity index (χ4n) is 2.29. The lowest BCUT2D eigenvalue weighted by Gasteiger charge is -2.34. The number of halogens is 1. The van der Waals surface area contributed by atoms with E-state index in [-0.39, 0.29) is 5.91 Å². The molecule has 1 aliphatic heterocycles. The number of aryl methyl sites for hydroxylation is 1. The number of nitrogens with two attached hydrogens (primary N) is 1. The maximum Gasteiger partial charge on any atom is 0.253 e. The Bertz CT molecular complexity index is 527. The van der Waals surface area contributed by atoms with E-state index in [0.717, 1.165) is 41.8 Å². The van der Waals surface area contributed by atoms with Crippen molar-refractivity contribution in [2.24, 2.45) is 5.73 Å². The highest BCUT2D eigenvalue weighted by atomic mass is 79.9. The molecule has 6 heteroatoms. The number of hydrogen-bond acceptors (Lipinski definition) is 3. The number of piperazine rings is 1. The zero-order chi connectivity index (χ0) is 14.7. The van der Waals surface area contributed by atoms with Crippen molar-refractivity contribution in [3.63, 3.8) is 0 Å². The number of amides is 1. The number of nitrogens with zero attached hydrogens (tertiary/aromatic N) is 2. The van der Waals surface area contributed by atoms with Crippen molar-refractivity contribution in [2.45, 2.75) is 6.92 Å². The molecule has 0 atom stereocenters. The van der Waals surface area contributed by atoms with Crippen LogP contribution in [-0.4, -0.2) is 53.4 Å². The summed E-state index contributed by atoms with van der Waals surface area (Å²) in [5, 5.41) is 0. The molecule has 1 fully saturated rings. The van der Waals surface area contributed by atoms with Crippen molar-refractivity contribution < 1.29 is 4.79 Å². The Kier molecular flexibility index (Phi) is 5.12. The van der Waals surface area contributed by atoms with Crippen molar-refractivity contribution in [3.05, 3.63) is 33.8 Å². The number of hydrogen-bond donors (Lipinski definition) is 1. The van der Waals surface area contributed by atoms with Crippen LogP contribution in [0, 0.1) is 6.92 Å². The second-order valence-electron chi connectivity index (χ2n) is 5.00. The molecule has 0 bridgehead atoms. The number of benzene rings is 1. The summed E-state index contributed by atoms with van der Waals surface area (Å²) < 4.78 is 1.02. The van der Waals surface area contributed by atoms with Gasteiger partial charge in [-0.2, -0.15) is 0 Å². The van der Waals surface area contributed by atoms with Gasteiger partial charge in [-0.3, -0.25) is 9.69 Å². The summed E-state index contributed by atoms with van der Waals surface area (Å²) in [7, 11) is 0. The summed E-state index contributed by atoms with van der Waals surface area (Å²) in [6.45, 7) is 5.69. The van der Waals surface area contributed by atoms with Crippen LogP contribution >= 0.6 is 28.1 Å². The Hall–Kier alpha value is -0.980. The summed E-state index contributed by atoms with van der Waals surface area (Å²) >= 11 is 8.36. The van der Waals surface area contributed by atoms with E-state index in [1.54, 1.807) is 0 Å². The summed E-state index contributed by atoms with van der Waals surface area (Å²) in [5.74, 6) is 0.0931. The molecule has 0 radical (unpaired) electrons. The minimum absolute atomic E-state index is 0.0931. The normalized spacial score (nSPS) is 16.2. The van der Waals surface area contributed by atoms with Gasteiger partial charge in [-0.1, -0.05) is 28.1 Å². The van der Waals surface area contributed by atoms with Gasteiger partial charge in [0.15, 0.2) is 0 Å². The van der Waals surface area contributed by atoms with Crippen molar-refractivity contribution in [2.75, 3.05) is 32.7 Å². The molecule has 1 aromatic rings. The molecule has 0 unspecified atom stereocenters. The molecule has 2 rings (SSSR count). The molecular weight excluding hydrogens is 338 g/mol. The van der Waals surface area contributed by atoms with Crippen molar-refractivity contribution in [3.8, 4) is 0 Å². The molecule has 0 saturated carbocycles. The Morgan fingerprint density at radius 2 is 2.00 bits per heavy atom. The fourth-order valence-corrected chi connectivity index (χ4v) is 2.72. The van der Waals surface area contributed by atoms with Gasteiger partial charge in [0.1, 0.15) is 0 Å². The van der Waals surface area contributed by atoms with Crippen LogP contribution in [0.3, 0.4) is 0 Å². The fraction of sp³-hybridized carbons (Fsp3) is 0.429. The van der Waals surface area contributed by atoms with Gasteiger partial charge in [0.25, 0.3) is 5.91 Å². The second-order valence-corrected chi connectivity index (χ2v) is 6.38. The first-order chi connectivity index (χ1) is 9.47. The van der Waals surface area contributed by atoms with Gasteiger partial charge < -0.3 is 10.6 Å². The predicted octanol–water partition coefficient (Wildman–Crippen LogP) is 1.80. The van der Waals surface area contributed by atoms with Gasteiger partial charge in [-0.05, 0) is 30.7 Å². The lowest BCUT2D eigenvalue weighted by Crippen LogP contribution is -2.50. The minimum atomic E-state index is 0.0931. The van der Waals surface area contributed by atoms with Gasteiger partial charge in [-0.15, -0.1) is 0 Å². The number of carbonyl (C=O) groups is 1. The standard InChI is InChI=1S/C14H18BrN3OS/c1-10-8-11(2-3-12(10)15)14(19)18-6-4-17(5-7-18)9-13(16)20/h2-3,8H,4-7,9H2,1H3,(H2,16,20). The van der Waals surface area contributed by atoms with Gasteiger partial charge in [0.05, 0.1) is 4.99 Å². The third-order valence-electron chi connectivity index (χ3n) is 3.44. The Morgan fingerprint density at radius 1 is 1.35 bits per heavy atom. The first-order valence-electron chi connectivity index (χ1n) is 6.53. The number of rotatable bonds is 3. The highest BCUT2D eigenvalue weighted by Gasteiger charge is 2.22. The van der Waals surface area contributed by atoms with Crippen molar-refractivity contribution >= 4 is 39.0 Å². The zero-order valence-corrected chi connectivity index (χ0v) is 13.8. The molecule has 0 aromatic heterocycles. The van der Waals surface area contributed by atoms with Gasteiger partial charge in [0, 0.05) is 42.8 Å². The van der Waals surface area contributed by atoms with Crippen LogP contribution in [0.4, 0.5) is 0 Å². The smallest absolute Gasteiger partial charge is 0.253 e. The summed E-state index contributed by atoms with van der Waals surface area (Å²) in [4.78, 5) is 17.0. The summed E-state index contributed by atoms with van der Waals surface area (Å²) in [6.07, 6.45) is 0. The van der Waals surface area contributed by atoms with Crippen LogP contribution in [0.2, 0.25) is 0 Å². The predicted molar refractivity (Wildman–Crippen MR) is 88.0 cm³/mol. The van der Waals surface area contributed by atoms with Crippen molar-refractivity contribution in [1.29, 1.82) is 0 Å². The van der Waals surface area contributed by atoms with Gasteiger partial charge in [0.2, 0.25) is 0 Å². The summed E-state index contributed by atoms with van der Waals surface area (Å²) in [5.41, 5.74) is 7.36. The van der Waals surface area contributed by atoms with E-state index < -0.39 is 0 Å². The van der Waals surface area contributed by atoms with Crippen molar-refractivity contribution in [1.82, 2.24) is 9.80 Å². The third-order valence-corrected chi connectivity index (χ3v) is 4.46. The Balaban J connectivity index is 1.97. The van der Waals surface area contributed by atoms with E-state index in [9.17, 15) is 4.79 Å². The molecule has 1 heterocycles. The minimum Gasteiger partial charge on any atom is -0.392 e. The first-order valence-corrected chi connectivity index (χ1v) is 7.73. The number of carbonyl (C=O) groups excluding carboxylic acids is 1. The zero-order valence-electron chi connectivity index (χ0n) is 11.4. The molecule has 1 aromatic carbocycles. The van der Waals surface area contributed by atoms with Crippen LogP contribution in [-0.2, 0) is 0 Å². The number of thiocarbonyl (C=S) groups is 1. The average molecular weight is 356 g/mol. The van der Waals surface area contributed by atoms with Crippen LogP contribution < -0.4 is 5.73 Å². The quantitative estimate of drug-likeness (QED) is 0.840. The monoisotopic (exact) mass is 355 g/mol. The maximum absolute atomic E-state index is 12.4. The molecule has 0 spiro atoms. The van der Waals surface area contributed by atoms with Gasteiger partial charge in [-0.25, -0.2) is 0 Å². The van der Waals surface area contributed by atoms with E-state index in [4.69, 9.17) is 18.0 Å². The van der Waals surface area contributed by atoms with E-state index in [2.05, 4.69) is 20.8 Å². The highest BCUT2D eigenvalue weighted by molar-refractivity contribution is 9.10. The van der Waals surface area contributed by atoms with E-state index in [0.29, 0.717) is 11.5 Å². The maximum atomic E-state index is 12.4. The van der Waals surface area contributed by atoms with E-state index >= 15 is 0 Å². The molecule has 1 saturated heterocycles. The molecule has 108 valence electrons. The largest absolute Gasteiger partial charge is 0.392 e. The molecular formula is C14H18BrN3OS. The van der Waals surface area contributed by atoms with E-state index in [1.807, 2.05) is 30.0 Å². The third kappa shape index (κ3) is 3.77. The molecule has 20 heavy (non-hydrogen) atoms. The summed E-state index contributed by atoms with van der Waals surface area (Å²) in [6, 6.07) is 5.71. The average Bonchev–Trinajstić information content (AvgIpc) is 2.41. The molecule has 4 nitrogen and oxygen atoms in total. The molecule has 2 N–H and O–H groups in total. The topological polar surface area (TPSA) is 49.6 Å². The second kappa shape index (κ2) is 6.65. The van der Waals surface area contributed by atoms with Crippen LogP contribution in [0.1, 0.15) is 15.9 Å². The Labute approximate surface area is 133 Å². The van der Waals surface area contributed by atoms with E-state index in [1.165, 1.54) is 0 Å². The highest BCUT2D eigenvalue weighted by Crippen LogP contribution is 2.18. The van der Waals surface area contributed by atoms with Gasteiger partial charge >= 0.3 is 0 Å². The molecule has 0 aliphatic carbocycles. The molecule has 1 amide bonds. The first kappa shape index (κ1) is 15.4.